The molecule has 0 aliphatic carbocycles. The Labute approximate surface area is 89.5 Å². The first kappa shape index (κ1) is 12.0. The molecule has 1 aliphatic heterocycles. The maximum Gasteiger partial charge on any atom is 0.150 e. The van der Waals surface area contributed by atoms with Gasteiger partial charge in [0.15, 0.2) is 0 Å². The first-order chi connectivity index (χ1) is 5.90. The van der Waals surface area contributed by atoms with Crippen LogP contribution in [0.2, 0.25) is 0 Å². The van der Waals surface area contributed by atoms with E-state index < -0.39 is 0 Å². The van der Waals surface area contributed by atoms with Gasteiger partial charge >= 0.3 is 0 Å². The molecule has 0 bridgehead atoms. The predicted molar refractivity (Wildman–Crippen MR) is 62.1 cm³/mol. The summed E-state index contributed by atoms with van der Waals surface area (Å²) in [6.45, 7) is 14.1. The molecule has 0 aromatic heterocycles. The minimum atomic E-state index is 0.188. The fraction of sp³-hybridized carbons (Fsp3) is 1.00. The highest BCUT2D eigenvalue weighted by molar-refractivity contribution is 5.05. The second-order valence-electron chi connectivity index (χ2n) is 6.62. The summed E-state index contributed by atoms with van der Waals surface area (Å²) in [6.07, 6.45) is 0. The fourth-order valence-electron chi connectivity index (χ4n) is 2.84. The normalized spacial score (nSPS) is 33.2. The van der Waals surface area contributed by atoms with Crippen LogP contribution >= 0.6 is 0 Å². The number of quaternary nitrogens is 1. The Balaban J connectivity index is 3.38. The van der Waals surface area contributed by atoms with Gasteiger partial charge in [-0.3, -0.25) is 0 Å². The minimum absolute atomic E-state index is 0.188. The number of likely N-dealkylation sites (N-methyl/N-ethyl adjacent to an activating group) is 2. The van der Waals surface area contributed by atoms with Crippen LogP contribution < -0.4 is 0 Å². The van der Waals surface area contributed by atoms with Crippen LogP contribution in [-0.4, -0.2) is 47.3 Å². The smallest absolute Gasteiger partial charge is 0.150 e. The molecule has 0 radical (unpaired) electrons. The predicted octanol–water partition coefficient (Wildman–Crippen LogP) is 2.30. The first-order valence-electron chi connectivity index (χ1n) is 5.49. The summed E-state index contributed by atoms with van der Waals surface area (Å²) in [5.74, 6) is 0. The van der Waals surface area contributed by atoms with E-state index in [1.165, 1.54) is 0 Å². The summed E-state index contributed by atoms with van der Waals surface area (Å²) in [5.41, 5.74) is 0.665. The molecule has 0 saturated carbocycles. The van der Waals surface area contributed by atoms with E-state index in [-0.39, 0.29) is 16.7 Å². The average Bonchev–Trinajstić information content (AvgIpc) is 2.05. The molecular formula is C12H27N2+. The molecule has 0 atom stereocenters. The van der Waals surface area contributed by atoms with Gasteiger partial charge in [0.05, 0.1) is 19.6 Å². The van der Waals surface area contributed by atoms with Crippen molar-refractivity contribution in [2.24, 2.45) is 0 Å². The lowest BCUT2D eigenvalue weighted by Crippen LogP contribution is -2.64. The van der Waals surface area contributed by atoms with Gasteiger partial charge in [0.25, 0.3) is 0 Å². The molecule has 0 N–H and O–H groups in total. The Kier molecular flexibility index (Phi) is 2.17. The molecule has 0 spiro atoms. The van der Waals surface area contributed by atoms with Crippen molar-refractivity contribution in [3.05, 3.63) is 0 Å². The Morgan fingerprint density at radius 1 is 0.857 bits per heavy atom. The molecule has 0 aromatic carbocycles. The van der Waals surface area contributed by atoms with Crippen molar-refractivity contribution in [3.63, 3.8) is 0 Å². The highest BCUT2D eigenvalue weighted by atomic mass is 15.6. The summed E-state index contributed by atoms with van der Waals surface area (Å²) in [7, 11) is 6.92. The van der Waals surface area contributed by atoms with Crippen molar-refractivity contribution in [1.29, 1.82) is 0 Å². The van der Waals surface area contributed by atoms with E-state index in [1.54, 1.807) is 0 Å². The summed E-state index contributed by atoms with van der Waals surface area (Å²) in [6, 6.07) is 0. The van der Waals surface area contributed by atoms with E-state index >= 15 is 0 Å². The van der Waals surface area contributed by atoms with Gasteiger partial charge in [-0.25, -0.2) is 4.90 Å². The van der Waals surface area contributed by atoms with Crippen LogP contribution in [0.15, 0.2) is 0 Å². The first-order valence-corrected chi connectivity index (χ1v) is 5.49. The minimum Gasteiger partial charge on any atom is -0.306 e. The zero-order valence-electron chi connectivity index (χ0n) is 11.4. The van der Waals surface area contributed by atoms with E-state index in [4.69, 9.17) is 0 Å². The summed E-state index contributed by atoms with van der Waals surface area (Å²) >= 11 is 0. The van der Waals surface area contributed by atoms with Crippen LogP contribution in [0.1, 0.15) is 41.5 Å². The molecule has 14 heavy (non-hydrogen) atoms. The van der Waals surface area contributed by atoms with Crippen molar-refractivity contribution in [1.82, 2.24) is 4.90 Å². The van der Waals surface area contributed by atoms with Crippen molar-refractivity contribution in [3.8, 4) is 0 Å². The van der Waals surface area contributed by atoms with Crippen LogP contribution in [0.4, 0.5) is 0 Å². The molecule has 1 fully saturated rings. The van der Waals surface area contributed by atoms with Crippen LogP contribution in [0.25, 0.3) is 0 Å². The van der Waals surface area contributed by atoms with Crippen LogP contribution in [0.5, 0.6) is 0 Å². The van der Waals surface area contributed by atoms with Gasteiger partial charge in [-0.2, -0.15) is 0 Å². The third kappa shape index (κ3) is 0.938. The Morgan fingerprint density at radius 3 is 1.29 bits per heavy atom. The second-order valence-corrected chi connectivity index (χ2v) is 6.62. The van der Waals surface area contributed by atoms with E-state index in [0.717, 1.165) is 4.48 Å². The Hall–Kier alpha value is -0.0800. The summed E-state index contributed by atoms with van der Waals surface area (Å²) in [4.78, 5) is 2.51. The molecule has 0 amide bonds. The van der Waals surface area contributed by atoms with Gasteiger partial charge in [-0.05, 0) is 34.7 Å². The van der Waals surface area contributed by atoms with Crippen LogP contribution in [-0.2, 0) is 0 Å². The quantitative estimate of drug-likeness (QED) is 0.541. The van der Waals surface area contributed by atoms with Crippen molar-refractivity contribution in [2.75, 3.05) is 21.1 Å². The Bertz CT molecular complexity index is 223. The SMILES string of the molecule is CN1C(C)(C)C(C)(C)[N+](C)(C)C1(C)C. The standard InChI is InChI=1S/C12H27N2/c1-10(2)11(3,4)14(8,9)12(5,6)13(10)7/h1-9H3/q+1. The molecule has 0 aromatic rings. The third-order valence-electron chi connectivity index (χ3n) is 5.92. The van der Waals surface area contributed by atoms with Gasteiger partial charge in [-0.15, -0.1) is 0 Å². The molecular weight excluding hydrogens is 172 g/mol. The number of hydrogen-bond donors (Lipinski definition) is 0. The molecule has 1 heterocycles. The summed E-state index contributed by atoms with van der Waals surface area (Å²) in [5, 5.41) is 0. The second kappa shape index (κ2) is 2.53. The molecule has 1 aliphatic rings. The lowest BCUT2D eigenvalue weighted by molar-refractivity contribution is -0.973. The lowest BCUT2D eigenvalue weighted by atomic mass is 9.81. The highest BCUT2D eigenvalue weighted by Crippen LogP contribution is 2.50. The van der Waals surface area contributed by atoms with Crippen molar-refractivity contribution >= 4 is 0 Å². The van der Waals surface area contributed by atoms with Gasteiger partial charge in [0.2, 0.25) is 0 Å². The molecule has 2 nitrogen and oxygen atoms in total. The van der Waals surface area contributed by atoms with Crippen LogP contribution in [0.3, 0.4) is 0 Å². The van der Waals surface area contributed by atoms with E-state index in [9.17, 15) is 0 Å². The molecule has 1 saturated heterocycles. The van der Waals surface area contributed by atoms with Crippen molar-refractivity contribution in [2.45, 2.75) is 58.3 Å². The van der Waals surface area contributed by atoms with E-state index in [1.807, 2.05) is 0 Å². The zero-order chi connectivity index (χ0) is 11.6. The van der Waals surface area contributed by atoms with Gasteiger partial charge in [-0.1, -0.05) is 0 Å². The van der Waals surface area contributed by atoms with Gasteiger partial charge in [0, 0.05) is 13.8 Å². The molecule has 2 heteroatoms. The Morgan fingerprint density at radius 2 is 1.21 bits per heavy atom. The lowest BCUT2D eigenvalue weighted by Gasteiger charge is -2.48. The molecule has 1 rings (SSSR count). The molecule has 84 valence electrons. The largest absolute Gasteiger partial charge is 0.306 e. The van der Waals surface area contributed by atoms with Gasteiger partial charge in [0.1, 0.15) is 11.2 Å². The average molecular weight is 199 g/mol. The number of nitrogens with zero attached hydrogens (tertiary/aromatic N) is 2. The topological polar surface area (TPSA) is 3.24 Å². The number of rotatable bonds is 0. The van der Waals surface area contributed by atoms with Gasteiger partial charge < -0.3 is 4.48 Å². The zero-order valence-corrected chi connectivity index (χ0v) is 11.4. The van der Waals surface area contributed by atoms with E-state index in [2.05, 4.69) is 67.6 Å². The monoisotopic (exact) mass is 199 g/mol. The maximum absolute atomic E-state index is 2.51. The third-order valence-corrected chi connectivity index (χ3v) is 5.92. The fourth-order valence-corrected chi connectivity index (χ4v) is 2.84. The van der Waals surface area contributed by atoms with Crippen molar-refractivity contribution < 1.29 is 4.48 Å². The molecule has 0 unspecified atom stereocenters. The van der Waals surface area contributed by atoms with E-state index in [0.29, 0.717) is 0 Å². The highest BCUT2D eigenvalue weighted by Gasteiger charge is 2.67. The van der Waals surface area contributed by atoms with Crippen LogP contribution in [0, 0.1) is 0 Å². The number of hydrogen-bond acceptors (Lipinski definition) is 1. The maximum atomic E-state index is 2.51. The summed E-state index contributed by atoms with van der Waals surface area (Å²) < 4.78 is 1.03.